The van der Waals surface area contributed by atoms with Gasteiger partial charge in [-0.15, -0.1) is 0 Å². The number of hydrogen-bond donors (Lipinski definition) is 0. The van der Waals surface area contributed by atoms with Crippen LogP contribution in [0.2, 0.25) is 0 Å². The van der Waals surface area contributed by atoms with Gasteiger partial charge in [0.05, 0.1) is 0 Å². The molecule has 0 heterocycles. The van der Waals surface area contributed by atoms with E-state index in [1.165, 1.54) is 0 Å². The Hall–Kier alpha value is 3.45. The third-order valence-electron chi connectivity index (χ3n) is 0. The van der Waals surface area contributed by atoms with Gasteiger partial charge in [-0.3, -0.25) is 0 Å². The topological polar surface area (TPSA) is 0 Å². The maximum atomic E-state index is 0. The van der Waals surface area contributed by atoms with Crippen molar-refractivity contribution in [1.82, 2.24) is 0 Å². The smallest absolute Gasteiger partial charge is 1.00 e. The zero-order chi connectivity index (χ0) is 0. The van der Waals surface area contributed by atoms with E-state index in [1.807, 2.05) is 0 Å². The van der Waals surface area contributed by atoms with Crippen molar-refractivity contribution in [1.29, 1.82) is 0 Å². The maximum Gasteiger partial charge on any atom is 2.00 e. The molecule has 0 bridgehead atoms. The first kappa shape index (κ1) is 56.7. The summed E-state index contributed by atoms with van der Waals surface area (Å²) in [7, 11) is 0. The molecule has 0 radical (unpaired) electrons. The molecule has 0 aromatic carbocycles. The van der Waals surface area contributed by atoms with E-state index in [1.54, 1.807) is 0 Å². The molecule has 0 aromatic rings. The number of rotatable bonds is 0. The maximum absolute atomic E-state index is 0. The molecule has 0 spiro atoms. The van der Waals surface area contributed by atoms with Crippen LogP contribution in [0.3, 0.4) is 0 Å². The van der Waals surface area contributed by atoms with E-state index in [4.69, 9.17) is 0 Å². The van der Waals surface area contributed by atoms with Crippen molar-refractivity contribution in [3.63, 3.8) is 0 Å². The summed E-state index contributed by atoms with van der Waals surface area (Å²) < 4.78 is 0. The van der Waals surface area contributed by atoms with Crippen LogP contribution in [-0.2, 0) is 0 Å². The van der Waals surface area contributed by atoms with Gasteiger partial charge in [-0.2, -0.15) is 0 Å². The van der Waals surface area contributed by atoms with E-state index in [0.29, 0.717) is 0 Å². The van der Waals surface area contributed by atoms with Crippen LogP contribution < -0.4 is 65.5 Å². The van der Waals surface area contributed by atoms with Crippen molar-refractivity contribution in [3.05, 3.63) is 0 Å². The van der Waals surface area contributed by atoms with Gasteiger partial charge >= 0.3 is 112 Å². The third kappa shape index (κ3) is 26.0. The molecule has 0 saturated carbocycles. The van der Waals surface area contributed by atoms with Crippen molar-refractivity contribution < 1.29 is 65.5 Å². The van der Waals surface area contributed by atoms with Gasteiger partial charge in [-0.05, 0) is 0 Å². The summed E-state index contributed by atoms with van der Waals surface area (Å²) in [5.41, 5.74) is 0. The van der Waals surface area contributed by atoms with Gasteiger partial charge in [0.1, 0.15) is 0 Å². The second kappa shape index (κ2) is 39.4. The monoisotopic (exact) mass is 162 g/mol. The van der Waals surface area contributed by atoms with Crippen molar-refractivity contribution in [2.24, 2.45) is 0 Å². The second-order valence-electron chi connectivity index (χ2n) is 0. The van der Waals surface area contributed by atoms with E-state index in [9.17, 15) is 0 Å². The number of halogens is 3. The Labute approximate surface area is 123 Å². The van der Waals surface area contributed by atoms with E-state index >= 15 is 0 Å². The molecule has 0 atom stereocenters. The third-order valence-corrected chi connectivity index (χ3v) is 0. The summed E-state index contributed by atoms with van der Waals surface area (Å²) >= 11 is 0. The summed E-state index contributed by atoms with van der Waals surface area (Å²) in [6, 6.07) is 0. The molecule has 0 aliphatic rings. The molecular weight excluding hydrogens is 160 g/mol. The van der Waals surface area contributed by atoms with Gasteiger partial charge < -0.3 is 14.1 Å². The molecule has 0 saturated heterocycles. The Morgan fingerprint density at radius 3 is 0.667 bits per heavy atom. The van der Waals surface area contributed by atoms with Crippen LogP contribution in [0.1, 0.15) is 0 Å². The Kier molecular flexibility index (Phi) is 372. The fourth-order valence-electron chi connectivity index (χ4n) is 0. The quantitative estimate of drug-likeness (QED) is 0.311. The molecule has 0 aromatic heterocycles. The van der Waals surface area contributed by atoms with Crippen LogP contribution in [0, 0.1) is 0 Å². The normalized spacial score (nSPS) is 0. The van der Waals surface area contributed by atoms with Crippen molar-refractivity contribution in [3.8, 4) is 0 Å². The van der Waals surface area contributed by atoms with Crippen molar-refractivity contribution in [2.45, 2.75) is 0 Å². The first-order chi connectivity index (χ1) is 0. The Morgan fingerprint density at radius 1 is 0.667 bits per heavy atom. The van der Waals surface area contributed by atoms with Crippen LogP contribution in [0.5, 0.6) is 0 Å². The average Bonchev–Trinajstić information content (AvgIpc) is 0. The molecule has 0 rings (SSSR count). The summed E-state index contributed by atoms with van der Waals surface area (Å²) in [6.07, 6.45) is 0. The summed E-state index contributed by atoms with van der Waals surface area (Å²) in [6.45, 7) is 0. The van der Waals surface area contributed by atoms with E-state index in [2.05, 4.69) is 0 Å². The van der Waals surface area contributed by atoms with Gasteiger partial charge in [0, 0.05) is 0 Å². The zero-order valence-corrected chi connectivity index (χ0v) is 8.17. The molecule has 6 heavy (non-hydrogen) atoms. The van der Waals surface area contributed by atoms with Gasteiger partial charge in [-0.25, -0.2) is 0 Å². The SMILES string of the molecule is [Ca+2].[F-].[F-].[F-].[K+].[MgH2]. The largest absolute Gasteiger partial charge is 2.00 e. The summed E-state index contributed by atoms with van der Waals surface area (Å²) in [4.78, 5) is 0. The van der Waals surface area contributed by atoms with E-state index in [-0.39, 0.29) is 126 Å². The Balaban J connectivity index is 0. The number of hydrogen-bond acceptors (Lipinski definition) is 0. The van der Waals surface area contributed by atoms with Crippen LogP contribution in [0.4, 0.5) is 0 Å². The van der Waals surface area contributed by atoms with Crippen LogP contribution >= 0.6 is 0 Å². The minimum Gasteiger partial charge on any atom is -1.00 e. The summed E-state index contributed by atoms with van der Waals surface area (Å²) in [5.74, 6) is 0. The molecule has 0 unspecified atom stereocenters. The standard InChI is InChI=1S/Ca.3FH.K.Mg.2H/h;3*1H;;;;/q+2;;;;+1;;;/p-3. The van der Waals surface area contributed by atoms with Crippen molar-refractivity contribution in [2.75, 3.05) is 0 Å². The predicted octanol–water partition coefficient (Wildman–Crippen LogP) is -13.3. The van der Waals surface area contributed by atoms with Gasteiger partial charge in [0.15, 0.2) is 0 Å². The van der Waals surface area contributed by atoms with Gasteiger partial charge in [-0.1, -0.05) is 0 Å². The Bertz CT molecular complexity index is 10.8. The second-order valence-corrected chi connectivity index (χ2v) is 0. The Morgan fingerprint density at radius 2 is 0.667 bits per heavy atom. The predicted molar refractivity (Wildman–Crippen MR) is 14.3 cm³/mol. The fraction of sp³-hybridized carbons (Fsp3) is 0. The van der Waals surface area contributed by atoms with Crippen LogP contribution in [0.25, 0.3) is 0 Å². The fourth-order valence-corrected chi connectivity index (χ4v) is 0. The first-order valence-electron chi connectivity index (χ1n) is 0. The van der Waals surface area contributed by atoms with Crippen molar-refractivity contribution >= 4 is 60.8 Å². The van der Waals surface area contributed by atoms with E-state index in [0.717, 1.165) is 0 Å². The van der Waals surface area contributed by atoms with Gasteiger partial charge in [0.2, 0.25) is 0 Å². The first-order valence-corrected chi connectivity index (χ1v) is 0. The molecular formula is H2CaF3KMg. The molecule has 0 aliphatic carbocycles. The average molecular weight is 162 g/mol. The van der Waals surface area contributed by atoms with Gasteiger partial charge in [0.25, 0.3) is 0 Å². The molecule has 0 N–H and O–H groups in total. The molecule has 0 aliphatic heterocycles. The van der Waals surface area contributed by atoms with Crippen LogP contribution in [-0.4, -0.2) is 60.8 Å². The zero-order valence-electron chi connectivity index (χ0n) is 2.84. The molecule has 28 valence electrons. The van der Waals surface area contributed by atoms with E-state index < -0.39 is 0 Å². The molecule has 0 amide bonds. The molecule has 0 fully saturated rings. The molecule has 6 heteroatoms. The minimum atomic E-state index is 0. The summed E-state index contributed by atoms with van der Waals surface area (Å²) in [5, 5.41) is 0. The molecule has 0 nitrogen and oxygen atoms in total. The van der Waals surface area contributed by atoms with Crippen LogP contribution in [0.15, 0.2) is 0 Å². The minimum absolute atomic E-state index is 0.